The first-order chi connectivity index (χ1) is 13.6. The Morgan fingerprint density at radius 2 is 1.93 bits per heavy atom. The number of hydrogen-bond acceptors (Lipinski definition) is 5. The molecule has 28 heavy (non-hydrogen) atoms. The Morgan fingerprint density at radius 3 is 2.68 bits per heavy atom. The lowest BCUT2D eigenvalue weighted by Crippen LogP contribution is -2.39. The molecular formula is C21H30N2O5. The topological polar surface area (TPSA) is 88.1 Å². The van der Waals surface area contributed by atoms with Gasteiger partial charge in [0.1, 0.15) is 12.4 Å². The highest BCUT2D eigenvalue weighted by Crippen LogP contribution is 2.30. The minimum absolute atomic E-state index is 0.161. The number of nitrogens with one attached hydrogen (secondary N) is 1. The largest absolute Gasteiger partial charge is 0.492 e. The molecule has 2 fully saturated rings. The van der Waals surface area contributed by atoms with Crippen LogP contribution in [0.4, 0.5) is 0 Å². The molecule has 1 aromatic carbocycles. The first-order valence-corrected chi connectivity index (χ1v) is 10.2. The molecule has 1 aromatic rings. The van der Waals surface area contributed by atoms with Gasteiger partial charge in [-0.2, -0.15) is 0 Å². The molecule has 0 aromatic heterocycles. The fourth-order valence-corrected chi connectivity index (χ4v) is 3.92. The van der Waals surface area contributed by atoms with Gasteiger partial charge in [0.25, 0.3) is 0 Å². The molecule has 1 heterocycles. The zero-order valence-corrected chi connectivity index (χ0v) is 16.3. The van der Waals surface area contributed by atoms with E-state index >= 15 is 0 Å². The monoisotopic (exact) mass is 390 g/mol. The van der Waals surface area contributed by atoms with E-state index in [1.165, 1.54) is 0 Å². The molecule has 1 saturated heterocycles. The molecule has 0 radical (unpaired) electrons. The van der Waals surface area contributed by atoms with Crippen LogP contribution in [0.1, 0.15) is 31.2 Å². The molecule has 0 spiro atoms. The van der Waals surface area contributed by atoms with Crippen molar-refractivity contribution >= 4 is 11.9 Å². The molecule has 1 saturated carbocycles. The first-order valence-electron chi connectivity index (χ1n) is 10.2. The number of nitrogens with zero attached hydrogens (tertiary/aromatic N) is 1. The van der Waals surface area contributed by atoms with Gasteiger partial charge in [0.15, 0.2) is 0 Å². The first kappa shape index (κ1) is 20.6. The molecule has 0 bridgehead atoms. The van der Waals surface area contributed by atoms with Gasteiger partial charge in [-0.05, 0) is 30.5 Å². The van der Waals surface area contributed by atoms with Crippen LogP contribution in [0.5, 0.6) is 5.75 Å². The van der Waals surface area contributed by atoms with Gasteiger partial charge in [-0.15, -0.1) is 0 Å². The number of rotatable bonds is 8. The van der Waals surface area contributed by atoms with Crippen LogP contribution in [-0.2, 0) is 20.9 Å². The van der Waals surface area contributed by atoms with Crippen molar-refractivity contribution in [3.63, 3.8) is 0 Å². The molecule has 154 valence electrons. The fourth-order valence-electron chi connectivity index (χ4n) is 3.92. The van der Waals surface area contributed by atoms with Crippen LogP contribution in [-0.4, -0.2) is 61.3 Å². The minimum atomic E-state index is -0.865. The average Bonchev–Trinajstić information content (AvgIpc) is 2.73. The van der Waals surface area contributed by atoms with Gasteiger partial charge < -0.3 is 19.9 Å². The lowest BCUT2D eigenvalue weighted by molar-refractivity contribution is -0.148. The Morgan fingerprint density at radius 1 is 1.18 bits per heavy atom. The summed E-state index contributed by atoms with van der Waals surface area (Å²) in [6, 6.07) is 7.68. The van der Waals surface area contributed by atoms with E-state index in [1.54, 1.807) is 0 Å². The number of aliphatic carboxylic acids is 1. The van der Waals surface area contributed by atoms with E-state index in [4.69, 9.17) is 9.47 Å². The van der Waals surface area contributed by atoms with Gasteiger partial charge in [-0.3, -0.25) is 14.5 Å². The van der Waals surface area contributed by atoms with Crippen molar-refractivity contribution in [3.05, 3.63) is 29.8 Å². The summed E-state index contributed by atoms with van der Waals surface area (Å²) in [5.41, 5.74) is 0.944. The van der Waals surface area contributed by atoms with Gasteiger partial charge in [0, 0.05) is 26.2 Å². The Balaban J connectivity index is 1.45. The minimum Gasteiger partial charge on any atom is -0.492 e. The Bertz CT molecular complexity index is 660. The maximum Gasteiger partial charge on any atom is 0.307 e. The second-order valence-electron chi connectivity index (χ2n) is 7.50. The number of ether oxygens (including phenoxy) is 2. The van der Waals surface area contributed by atoms with E-state index in [-0.39, 0.29) is 5.91 Å². The van der Waals surface area contributed by atoms with Crippen molar-refractivity contribution in [2.45, 2.75) is 32.2 Å². The molecule has 7 nitrogen and oxygen atoms in total. The number of benzene rings is 1. The zero-order chi connectivity index (χ0) is 19.8. The van der Waals surface area contributed by atoms with E-state index in [9.17, 15) is 14.7 Å². The molecule has 1 amide bonds. The SMILES string of the molecule is O=C(O)C1CCCCC1C(=O)NCc1cccc(OCCN2CCOCC2)c1. The lowest BCUT2D eigenvalue weighted by Gasteiger charge is -2.27. The summed E-state index contributed by atoms with van der Waals surface area (Å²) in [7, 11) is 0. The van der Waals surface area contributed by atoms with Crippen LogP contribution in [0, 0.1) is 11.8 Å². The third kappa shape index (κ3) is 5.94. The van der Waals surface area contributed by atoms with Gasteiger partial charge in [0.2, 0.25) is 5.91 Å². The summed E-state index contributed by atoms with van der Waals surface area (Å²) in [6.45, 7) is 5.28. The molecular weight excluding hydrogens is 360 g/mol. The van der Waals surface area contributed by atoms with Crippen LogP contribution in [0.15, 0.2) is 24.3 Å². The maximum absolute atomic E-state index is 12.5. The standard InChI is InChI=1S/C21H30N2O5/c24-20(18-6-1-2-7-19(18)21(25)26)22-15-16-4-3-5-17(14-16)28-13-10-23-8-11-27-12-9-23/h3-5,14,18-19H,1-2,6-13,15H2,(H,22,24)(H,25,26). The maximum atomic E-state index is 12.5. The quantitative estimate of drug-likeness (QED) is 0.705. The number of morpholine rings is 1. The summed E-state index contributed by atoms with van der Waals surface area (Å²) in [5, 5.41) is 12.3. The van der Waals surface area contributed by atoms with Crippen molar-refractivity contribution in [2.75, 3.05) is 39.5 Å². The second-order valence-corrected chi connectivity index (χ2v) is 7.50. The molecule has 1 aliphatic heterocycles. The molecule has 2 unspecified atom stereocenters. The van der Waals surface area contributed by atoms with Gasteiger partial charge >= 0.3 is 5.97 Å². The highest BCUT2D eigenvalue weighted by molar-refractivity contribution is 5.84. The fraction of sp³-hybridized carbons (Fsp3) is 0.619. The molecule has 3 rings (SSSR count). The third-order valence-electron chi connectivity index (χ3n) is 5.57. The van der Waals surface area contributed by atoms with Crippen LogP contribution in [0.25, 0.3) is 0 Å². The van der Waals surface area contributed by atoms with Crippen molar-refractivity contribution < 1.29 is 24.2 Å². The third-order valence-corrected chi connectivity index (χ3v) is 5.57. The smallest absolute Gasteiger partial charge is 0.307 e. The Kier molecular flexibility index (Phi) is 7.68. The van der Waals surface area contributed by atoms with Crippen LogP contribution in [0.2, 0.25) is 0 Å². The van der Waals surface area contributed by atoms with Crippen molar-refractivity contribution in [3.8, 4) is 5.75 Å². The highest BCUT2D eigenvalue weighted by Gasteiger charge is 2.35. The summed E-state index contributed by atoms with van der Waals surface area (Å²) >= 11 is 0. The zero-order valence-electron chi connectivity index (χ0n) is 16.3. The van der Waals surface area contributed by atoms with Crippen molar-refractivity contribution in [1.82, 2.24) is 10.2 Å². The van der Waals surface area contributed by atoms with Crippen LogP contribution in [0.3, 0.4) is 0 Å². The molecule has 2 aliphatic rings. The molecule has 2 atom stereocenters. The lowest BCUT2D eigenvalue weighted by atomic mass is 9.78. The van der Waals surface area contributed by atoms with E-state index in [0.29, 0.717) is 26.0 Å². The summed E-state index contributed by atoms with van der Waals surface area (Å²) < 4.78 is 11.2. The number of carbonyl (C=O) groups excluding carboxylic acids is 1. The van der Waals surface area contributed by atoms with E-state index in [0.717, 1.165) is 57.0 Å². The van der Waals surface area contributed by atoms with E-state index < -0.39 is 17.8 Å². The normalized spacial score (nSPS) is 23.1. The predicted octanol–water partition coefficient (Wildman–Crippen LogP) is 1.90. The summed E-state index contributed by atoms with van der Waals surface area (Å²) in [5.74, 6) is -1.25. The van der Waals surface area contributed by atoms with Gasteiger partial charge in [-0.25, -0.2) is 0 Å². The molecule has 2 N–H and O–H groups in total. The Hall–Kier alpha value is -2.12. The number of carboxylic acid groups (broad SMARTS) is 1. The number of carbonyl (C=O) groups is 2. The van der Waals surface area contributed by atoms with Gasteiger partial charge in [0.05, 0.1) is 25.0 Å². The predicted molar refractivity (Wildman–Crippen MR) is 104 cm³/mol. The molecule has 1 aliphatic carbocycles. The van der Waals surface area contributed by atoms with E-state index in [2.05, 4.69) is 10.2 Å². The second kappa shape index (κ2) is 10.4. The number of hydrogen-bond donors (Lipinski definition) is 2. The number of carboxylic acids is 1. The van der Waals surface area contributed by atoms with Gasteiger partial charge in [-0.1, -0.05) is 25.0 Å². The Labute approximate surface area is 166 Å². The van der Waals surface area contributed by atoms with Crippen LogP contribution < -0.4 is 10.1 Å². The van der Waals surface area contributed by atoms with Crippen molar-refractivity contribution in [2.24, 2.45) is 11.8 Å². The molecule has 7 heteroatoms. The van der Waals surface area contributed by atoms with E-state index in [1.807, 2.05) is 24.3 Å². The average molecular weight is 390 g/mol. The van der Waals surface area contributed by atoms with Crippen LogP contribution >= 0.6 is 0 Å². The summed E-state index contributed by atoms with van der Waals surface area (Å²) in [4.78, 5) is 26.2. The van der Waals surface area contributed by atoms with Crippen molar-refractivity contribution in [1.29, 1.82) is 0 Å². The summed E-state index contributed by atoms with van der Waals surface area (Å²) in [6.07, 6.45) is 3.02. The number of amides is 1. The highest BCUT2D eigenvalue weighted by atomic mass is 16.5.